The van der Waals surface area contributed by atoms with E-state index in [9.17, 15) is 14.4 Å². The number of nitrogens with zero attached hydrogens (tertiary/aromatic N) is 1. The Kier molecular flexibility index (Phi) is 3.91. The molecule has 180 valence electrons. The molecule has 8 rings (SSSR count). The lowest BCUT2D eigenvalue weighted by atomic mass is 9.65. The first-order chi connectivity index (χ1) is 18.5. The second-order valence-electron chi connectivity index (χ2n) is 10.1. The molecule has 5 heteroatoms. The van der Waals surface area contributed by atoms with Gasteiger partial charge in [-0.05, 0) is 25.1 Å². The van der Waals surface area contributed by atoms with Crippen molar-refractivity contribution in [2.45, 2.75) is 12.3 Å². The van der Waals surface area contributed by atoms with Crippen molar-refractivity contribution in [3.05, 3.63) is 142 Å². The Labute approximate surface area is 218 Å². The molecule has 0 radical (unpaired) electrons. The summed E-state index contributed by atoms with van der Waals surface area (Å²) in [5.41, 5.74) is 6.18. The Balaban J connectivity index is 1.58. The summed E-state index contributed by atoms with van der Waals surface area (Å²) in [6, 6.07) is 30.4. The Morgan fingerprint density at radius 2 is 1.11 bits per heavy atom. The number of fused-ring (bicyclic) bond motifs is 8. The van der Waals surface area contributed by atoms with Crippen molar-refractivity contribution in [2.75, 3.05) is 10.2 Å². The van der Waals surface area contributed by atoms with Gasteiger partial charge in [0.05, 0.1) is 11.4 Å². The zero-order chi connectivity index (χ0) is 25.8. The van der Waals surface area contributed by atoms with E-state index < -0.39 is 5.41 Å². The molecule has 1 spiro atoms. The highest BCUT2D eigenvalue weighted by molar-refractivity contribution is 6.39. The maximum absolute atomic E-state index is 14.3. The Bertz CT molecular complexity index is 1780. The highest BCUT2D eigenvalue weighted by Gasteiger charge is 2.64. The smallest absolute Gasteiger partial charge is 0.244 e. The predicted molar refractivity (Wildman–Crippen MR) is 146 cm³/mol. The molecule has 0 aromatic heterocycles. The number of anilines is 2. The number of rotatable bonds is 1. The normalized spacial score (nSPS) is 17.9. The third-order valence-electron chi connectivity index (χ3n) is 8.19. The van der Waals surface area contributed by atoms with Crippen LogP contribution in [0.5, 0.6) is 0 Å². The third-order valence-corrected chi connectivity index (χ3v) is 8.19. The molecular weight excluding hydrogens is 472 g/mol. The van der Waals surface area contributed by atoms with Gasteiger partial charge in [-0.2, -0.15) is 0 Å². The van der Waals surface area contributed by atoms with Crippen molar-refractivity contribution in [1.29, 1.82) is 0 Å². The second kappa shape index (κ2) is 7.05. The van der Waals surface area contributed by atoms with Crippen molar-refractivity contribution in [3.63, 3.8) is 0 Å². The van der Waals surface area contributed by atoms with Gasteiger partial charge in [0.2, 0.25) is 5.91 Å². The van der Waals surface area contributed by atoms with Gasteiger partial charge in [0.25, 0.3) is 0 Å². The summed E-state index contributed by atoms with van der Waals surface area (Å²) in [5, 5.41) is 3.01. The zero-order valence-corrected chi connectivity index (χ0v) is 20.4. The number of aryl methyl sites for hydroxylation is 1. The number of carbonyl (C=O) groups is 3. The lowest BCUT2D eigenvalue weighted by molar-refractivity contribution is -0.118. The maximum atomic E-state index is 14.3. The summed E-state index contributed by atoms with van der Waals surface area (Å²) in [5.74, 6) is -0.825. The van der Waals surface area contributed by atoms with Gasteiger partial charge in [-0.3, -0.25) is 14.4 Å². The topological polar surface area (TPSA) is 66.5 Å². The van der Waals surface area contributed by atoms with Gasteiger partial charge < -0.3 is 10.2 Å². The molecular formula is C33H20N2O3. The summed E-state index contributed by atoms with van der Waals surface area (Å²) in [6.07, 6.45) is 0. The van der Waals surface area contributed by atoms with Gasteiger partial charge in [0.1, 0.15) is 5.41 Å². The number of benzene rings is 4. The standard InChI is InChI=1S/C33H20N2O3/c1-18-14-16-19(17-15-18)35-28-20-8-2-4-10-22(20)30(36)26(28)33(24-12-6-7-13-25(24)34-32(33)38)27-29(35)21-9-3-5-11-23(21)31(27)37/h2-17H,1H3,(H,34,38). The fraction of sp³-hybridized carbons (Fsp3) is 0.0606. The molecule has 0 saturated carbocycles. The predicted octanol–water partition coefficient (Wildman–Crippen LogP) is 5.92. The van der Waals surface area contributed by atoms with Crippen LogP contribution in [0.15, 0.2) is 108 Å². The molecule has 2 aliphatic carbocycles. The number of para-hydroxylation sites is 1. The molecule has 5 nitrogen and oxygen atoms in total. The highest BCUT2D eigenvalue weighted by Crippen LogP contribution is 2.62. The van der Waals surface area contributed by atoms with Gasteiger partial charge >= 0.3 is 0 Å². The Morgan fingerprint density at radius 1 is 0.605 bits per heavy atom. The lowest BCUT2D eigenvalue weighted by Gasteiger charge is -2.41. The van der Waals surface area contributed by atoms with Crippen molar-refractivity contribution < 1.29 is 14.4 Å². The Morgan fingerprint density at radius 3 is 1.68 bits per heavy atom. The molecule has 4 aliphatic rings. The molecule has 0 saturated heterocycles. The van der Waals surface area contributed by atoms with Gasteiger partial charge in [-0.15, -0.1) is 0 Å². The van der Waals surface area contributed by atoms with Gasteiger partial charge in [0, 0.05) is 50.3 Å². The molecule has 38 heavy (non-hydrogen) atoms. The number of nitrogens with one attached hydrogen (secondary N) is 1. The van der Waals surface area contributed by atoms with Crippen LogP contribution in [0, 0.1) is 6.92 Å². The van der Waals surface area contributed by atoms with Gasteiger partial charge in [-0.25, -0.2) is 0 Å². The quantitative estimate of drug-likeness (QED) is 0.358. The molecule has 1 N–H and O–H groups in total. The largest absolute Gasteiger partial charge is 0.324 e. The van der Waals surface area contributed by atoms with E-state index in [1.165, 1.54) is 0 Å². The number of ketones is 2. The van der Waals surface area contributed by atoms with Crippen LogP contribution < -0.4 is 10.2 Å². The molecule has 2 heterocycles. The lowest BCUT2D eigenvalue weighted by Crippen LogP contribution is -2.47. The summed E-state index contributed by atoms with van der Waals surface area (Å²) in [4.78, 5) is 45.0. The SMILES string of the molecule is Cc1ccc(N2C3=C(C(=O)c4ccccc43)C3(C(=O)Nc4ccccc43)C3=C2c2ccccc2C3=O)cc1. The molecule has 0 atom stereocenters. The van der Waals surface area contributed by atoms with E-state index >= 15 is 0 Å². The average Bonchev–Trinajstić information content (AvgIpc) is 3.52. The summed E-state index contributed by atoms with van der Waals surface area (Å²) >= 11 is 0. The molecule has 0 unspecified atom stereocenters. The third kappa shape index (κ3) is 2.30. The van der Waals surface area contributed by atoms with E-state index in [0.29, 0.717) is 44.9 Å². The van der Waals surface area contributed by atoms with E-state index in [2.05, 4.69) is 5.32 Å². The number of amides is 1. The van der Waals surface area contributed by atoms with E-state index in [-0.39, 0.29) is 17.5 Å². The van der Waals surface area contributed by atoms with E-state index in [1.807, 2.05) is 96.8 Å². The summed E-state index contributed by atoms with van der Waals surface area (Å²) in [7, 11) is 0. The fourth-order valence-electron chi connectivity index (χ4n) is 6.63. The van der Waals surface area contributed by atoms with Gasteiger partial charge in [-0.1, -0.05) is 84.4 Å². The first-order valence-electron chi connectivity index (χ1n) is 12.6. The van der Waals surface area contributed by atoms with Crippen LogP contribution in [0.25, 0.3) is 11.4 Å². The van der Waals surface area contributed by atoms with Crippen molar-refractivity contribution in [2.24, 2.45) is 0 Å². The number of Topliss-reactive ketones (excluding diaryl/α,β-unsaturated/α-hetero) is 2. The van der Waals surface area contributed by atoms with Crippen molar-refractivity contribution in [1.82, 2.24) is 0 Å². The molecule has 2 aliphatic heterocycles. The number of carbonyl (C=O) groups excluding carboxylic acids is 3. The molecule has 4 aromatic carbocycles. The van der Waals surface area contributed by atoms with Crippen LogP contribution in [0.2, 0.25) is 0 Å². The average molecular weight is 493 g/mol. The van der Waals surface area contributed by atoms with Crippen molar-refractivity contribution >= 4 is 40.2 Å². The van der Waals surface area contributed by atoms with E-state index in [4.69, 9.17) is 0 Å². The highest BCUT2D eigenvalue weighted by atomic mass is 16.2. The zero-order valence-electron chi connectivity index (χ0n) is 20.4. The summed E-state index contributed by atoms with van der Waals surface area (Å²) < 4.78 is 0. The monoisotopic (exact) mass is 492 g/mol. The van der Waals surface area contributed by atoms with E-state index in [1.54, 1.807) is 12.1 Å². The van der Waals surface area contributed by atoms with Crippen LogP contribution >= 0.6 is 0 Å². The van der Waals surface area contributed by atoms with Crippen LogP contribution in [-0.2, 0) is 10.2 Å². The first kappa shape index (κ1) is 21.1. The van der Waals surface area contributed by atoms with Crippen molar-refractivity contribution in [3.8, 4) is 0 Å². The molecule has 0 fully saturated rings. The minimum absolute atomic E-state index is 0.227. The van der Waals surface area contributed by atoms with Crippen LogP contribution in [-0.4, -0.2) is 17.5 Å². The number of hydrogen-bond acceptors (Lipinski definition) is 4. The summed E-state index contributed by atoms with van der Waals surface area (Å²) in [6.45, 7) is 2.02. The molecule has 1 amide bonds. The van der Waals surface area contributed by atoms with E-state index in [0.717, 1.165) is 22.4 Å². The Hall–Kier alpha value is -5.03. The van der Waals surface area contributed by atoms with Crippen LogP contribution in [0.1, 0.15) is 43.0 Å². The fourth-order valence-corrected chi connectivity index (χ4v) is 6.63. The van der Waals surface area contributed by atoms with Crippen LogP contribution in [0.4, 0.5) is 11.4 Å². The minimum atomic E-state index is -1.56. The minimum Gasteiger partial charge on any atom is -0.324 e. The van der Waals surface area contributed by atoms with Gasteiger partial charge in [0.15, 0.2) is 11.6 Å². The number of hydrogen-bond donors (Lipinski definition) is 1. The molecule has 4 aromatic rings. The van der Waals surface area contributed by atoms with Crippen LogP contribution in [0.3, 0.4) is 0 Å². The second-order valence-corrected chi connectivity index (χ2v) is 10.1. The maximum Gasteiger partial charge on any atom is 0.244 e. The molecule has 0 bridgehead atoms. The first-order valence-corrected chi connectivity index (χ1v) is 12.6.